The molecule has 5 heteroatoms. The van der Waals surface area contributed by atoms with E-state index in [0.717, 1.165) is 16.7 Å². The quantitative estimate of drug-likeness (QED) is 0.558. The first-order valence-electron chi connectivity index (χ1n) is 9.91. The lowest BCUT2D eigenvalue weighted by molar-refractivity contribution is -0.141. The Morgan fingerprint density at radius 2 is 1.60 bits per heavy atom. The molecule has 0 aliphatic heterocycles. The van der Waals surface area contributed by atoms with Crippen molar-refractivity contribution in [3.8, 4) is 11.1 Å². The number of fused-ring (bicyclic) bond motifs is 1. The second-order valence-electron chi connectivity index (χ2n) is 8.13. The second-order valence-corrected chi connectivity index (χ2v) is 8.13. The molecule has 156 valence electrons. The van der Waals surface area contributed by atoms with E-state index in [2.05, 4.69) is 29.6 Å². The third-order valence-electron chi connectivity index (χ3n) is 4.70. The summed E-state index contributed by atoms with van der Waals surface area (Å²) in [6.45, 7) is 5.38. The normalized spacial score (nSPS) is 12.3. The molecule has 0 aliphatic rings. The van der Waals surface area contributed by atoms with Gasteiger partial charge in [-0.15, -0.1) is 0 Å². The van der Waals surface area contributed by atoms with Crippen molar-refractivity contribution in [3.05, 3.63) is 72.3 Å². The van der Waals surface area contributed by atoms with Crippen molar-refractivity contribution in [1.82, 2.24) is 5.32 Å². The van der Waals surface area contributed by atoms with E-state index in [1.54, 1.807) is 20.8 Å². The Balaban J connectivity index is 1.87. The molecule has 0 aliphatic carbocycles. The van der Waals surface area contributed by atoms with E-state index in [0.29, 0.717) is 0 Å². The van der Waals surface area contributed by atoms with E-state index in [1.165, 1.54) is 17.9 Å². The van der Waals surface area contributed by atoms with Crippen molar-refractivity contribution < 1.29 is 19.1 Å². The molecule has 3 rings (SSSR count). The van der Waals surface area contributed by atoms with Crippen molar-refractivity contribution in [2.75, 3.05) is 7.11 Å². The largest absolute Gasteiger partial charge is 0.469 e. The summed E-state index contributed by atoms with van der Waals surface area (Å²) >= 11 is 0. The van der Waals surface area contributed by atoms with Gasteiger partial charge >= 0.3 is 12.1 Å². The molecule has 0 aromatic heterocycles. The number of methoxy groups -OCH3 is 1. The van der Waals surface area contributed by atoms with Gasteiger partial charge in [-0.25, -0.2) is 4.79 Å². The van der Waals surface area contributed by atoms with Crippen molar-refractivity contribution >= 4 is 22.8 Å². The minimum atomic E-state index is -0.627. The molecule has 30 heavy (non-hydrogen) atoms. The highest BCUT2D eigenvalue weighted by Crippen LogP contribution is 2.30. The number of carbonyl (C=O) groups excluding carboxylic acids is 2. The van der Waals surface area contributed by atoms with E-state index >= 15 is 0 Å². The topological polar surface area (TPSA) is 64.6 Å². The predicted molar refractivity (Wildman–Crippen MR) is 118 cm³/mol. The average molecular weight is 405 g/mol. The zero-order chi connectivity index (χ0) is 21.7. The molecule has 1 atom stereocenters. The van der Waals surface area contributed by atoms with Crippen LogP contribution in [0.25, 0.3) is 21.9 Å². The van der Waals surface area contributed by atoms with Crippen molar-refractivity contribution in [2.45, 2.75) is 38.8 Å². The van der Waals surface area contributed by atoms with Gasteiger partial charge in [0.2, 0.25) is 0 Å². The van der Waals surface area contributed by atoms with Gasteiger partial charge in [0, 0.05) is 0 Å². The summed E-state index contributed by atoms with van der Waals surface area (Å²) in [6.07, 6.45) is -0.557. The molecule has 0 saturated heterocycles. The predicted octanol–water partition coefficient (Wildman–Crippen LogP) is 5.64. The van der Waals surface area contributed by atoms with Crippen LogP contribution in [0.3, 0.4) is 0 Å². The van der Waals surface area contributed by atoms with Crippen molar-refractivity contribution in [3.63, 3.8) is 0 Å². The summed E-state index contributed by atoms with van der Waals surface area (Å²) in [5, 5.41) is 5.13. The third-order valence-corrected chi connectivity index (χ3v) is 4.70. The molecular formula is C25H27NO4. The highest BCUT2D eigenvalue weighted by molar-refractivity contribution is 5.96. The number of rotatable bonds is 5. The van der Waals surface area contributed by atoms with Gasteiger partial charge in [0.05, 0.1) is 19.6 Å². The molecule has 0 heterocycles. The first-order valence-corrected chi connectivity index (χ1v) is 9.91. The lowest BCUT2D eigenvalue weighted by Crippen LogP contribution is -2.35. The van der Waals surface area contributed by atoms with Gasteiger partial charge in [-0.05, 0) is 48.2 Å². The summed E-state index contributed by atoms with van der Waals surface area (Å²) in [5.41, 5.74) is 2.36. The Labute approximate surface area is 177 Å². The number of hydrogen-bond donors (Lipinski definition) is 1. The first kappa shape index (κ1) is 21.4. The number of esters is 1. The molecule has 0 saturated carbocycles. The molecule has 1 amide bonds. The van der Waals surface area contributed by atoms with Crippen LogP contribution in [0.1, 0.15) is 38.8 Å². The number of benzene rings is 3. The fourth-order valence-corrected chi connectivity index (χ4v) is 3.32. The van der Waals surface area contributed by atoms with Crippen LogP contribution < -0.4 is 5.32 Å². The number of alkyl carbamates (subject to hydrolysis) is 1. The maximum absolute atomic E-state index is 12.3. The monoisotopic (exact) mass is 405 g/mol. The first-order chi connectivity index (χ1) is 14.3. The molecule has 1 N–H and O–H groups in total. The molecule has 3 aromatic carbocycles. The highest BCUT2D eigenvalue weighted by atomic mass is 16.6. The summed E-state index contributed by atoms with van der Waals surface area (Å²) in [6, 6.07) is 21.7. The van der Waals surface area contributed by atoms with Crippen LogP contribution in [-0.4, -0.2) is 24.8 Å². The zero-order valence-electron chi connectivity index (χ0n) is 17.8. The van der Waals surface area contributed by atoms with Gasteiger partial charge in [0.15, 0.2) is 0 Å². The third kappa shape index (κ3) is 5.38. The molecule has 0 unspecified atom stereocenters. The van der Waals surface area contributed by atoms with Gasteiger partial charge in [-0.3, -0.25) is 4.79 Å². The Hall–Kier alpha value is -3.34. The van der Waals surface area contributed by atoms with Crippen LogP contribution in [0.5, 0.6) is 0 Å². The maximum Gasteiger partial charge on any atom is 0.408 e. The summed E-state index contributed by atoms with van der Waals surface area (Å²) < 4.78 is 10.1. The molecule has 0 spiro atoms. The van der Waals surface area contributed by atoms with Crippen LogP contribution in [0.15, 0.2) is 66.7 Å². The van der Waals surface area contributed by atoms with E-state index in [1.807, 2.05) is 42.5 Å². The zero-order valence-corrected chi connectivity index (χ0v) is 17.8. The van der Waals surface area contributed by atoms with E-state index in [9.17, 15) is 9.59 Å². The number of amides is 1. The van der Waals surface area contributed by atoms with Gasteiger partial charge in [0.1, 0.15) is 5.60 Å². The van der Waals surface area contributed by atoms with Crippen LogP contribution in [0.4, 0.5) is 4.79 Å². The fraction of sp³-hybridized carbons (Fsp3) is 0.280. The molecule has 5 nitrogen and oxygen atoms in total. The summed E-state index contributed by atoms with van der Waals surface area (Å²) in [7, 11) is 1.33. The van der Waals surface area contributed by atoms with E-state index in [-0.39, 0.29) is 6.42 Å². The lowest BCUT2D eigenvalue weighted by atomic mass is 9.95. The van der Waals surface area contributed by atoms with Crippen LogP contribution in [0, 0.1) is 0 Å². The molecular weight excluding hydrogens is 378 g/mol. The standard InChI is InChI=1S/C25H27NO4/c1-25(2,3)30-24(28)26-22(16-23(27)29-4)19-14-12-18(13-15-19)21-11-7-9-17-8-5-6-10-20(17)21/h5-15,22H,16H2,1-4H3,(H,26,28)/t22-/m0/s1. The maximum atomic E-state index is 12.3. The minimum Gasteiger partial charge on any atom is -0.469 e. The number of carbonyl (C=O) groups is 2. The minimum absolute atomic E-state index is 0.0172. The molecule has 0 bridgehead atoms. The average Bonchev–Trinajstić information content (AvgIpc) is 2.71. The molecule has 0 fully saturated rings. The fourth-order valence-electron chi connectivity index (χ4n) is 3.32. The Morgan fingerprint density at radius 1 is 0.933 bits per heavy atom. The van der Waals surface area contributed by atoms with Gasteiger partial charge in [0.25, 0.3) is 0 Å². The van der Waals surface area contributed by atoms with Gasteiger partial charge in [-0.2, -0.15) is 0 Å². The SMILES string of the molecule is COC(=O)C[C@H](NC(=O)OC(C)(C)C)c1ccc(-c2cccc3ccccc23)cc1. The van der Waals surface area contributed by atoms with Crippen LogP contribution in [0.2, 0.25) is 0 Å². The van der Waals surface area contributed by atoms with Crippen LogP contribution in [-0.2, 0) is 14.3 Å². The van der Waals surface area contributed by atoms with E-state index < -0.39 is 23.7 Å². The number of ether oxygens (including phenoxy) is 2. The van der Waals surface area contributed by atoms with Crippen molar-refractivity contribution in [2.24, 2.45) is 0 Å². The van der Waals surface area contributed by atoms with Gasteiger partial charge in [-0.1, -0.05) is 66.7 Å². The Kier molecular flexibility index (Phi) is 6.40. The summed E-state index contributed by atoms with van der Waals surface area (Å²) in [4.78, 5) is 24.1. The summed E-state index contributed by atoms with van der Waals surface area (Å²) in [5.74, 6) is -0.408. The van der Waals surface area contributed by atoms with Crippen LogP contribution >= 0.6 is 0 Å². The smallest absolute Gasteiger partial charge is 0.408 e. The van der Waals surface area contributed by atoms with Crippen molar-refractivity contribution in [1.29, 1.82) is 0 Å². The second kappa shape index (κ2) is 8.99. The molecule has 0 radical (unpaired) electrons. The Morgan fingerprint density at radius 3 is 2.27 bits per heavy atom. The lowest BCUT2D eigenvalue weighted by Gasteiger charge is -2.23. The van der Waals surface area contributed by atoms with E-state index in [4.69, 9.17) is 9.47 Å². The molecule has 3 aromatic rings. The van der Waals surface area contributed by atoms with Gasteiger partial charge < -0.3 is 14.8 Å². The number of hydrogen-bond acceptors (Lipinski definition) is 4. The highest BCUT2D eigenvalue weighted by Gasteiger charge is 2.23. The number of nitrogens with one attached hydrogen (secondary N) is 1. The Bertz CT molecular complexity index is 1030.